The first-order valence-electron chi connectivity index (χ1n) is 11.6. The topological polar surface area (TPSA) is 0 Å². The number of rotatable bonds is 3. The van der Waals surface area contributed by atoms with Gasteiger partial charge in [0.15, 0.2) is 0 Å². The van der Waals surface area contributed by atoms with Crippen molar-refractivity contribution in [3.05, 3.63) is 155 Å². The van der Waals surface area contributed by atoms with Crippen molar-refractivity contribution in [3.8, 4) is 22.3 Å². The molecule has 0 heteroatoms. The van der Waals surface area contributed by atoms with Crippen LogP contribution in [0.15, 0.2) is 121 Å². The summed E-state index contributed by atoms with van der Waals surface area (Å²) in [5, 5.41) is 0. The van der Waals surface area contributed by atoms with Crippen LogP contribution in [-0.2, 0) is 5.41 Å². The SMILES string of the molecule is Cc1ccc2c(c1C)-c1ccc(-c3ccccc3)cc1C2(c1ccccc1)c1ccccc1. The number of hydrogen-bond acceptors (Lipinski definition) is 0. The second kappa shape index (κ2) is 7.60. The summed E-state index contributed by atoms with van der Waals surface area (Å²) in [6.07, 6.45) is 0. The normalized spacial score (nSPS) is 13.4. The van der Waals surface area contributed by atoms with Crippen LogP contribution in [0.3, 0.4) is 0 Å². The van der Waals surface area contributed by atoms with Crippen LogP contribution >= 0.6 is 0 Å². The van der Waals surface area contributed by atoms with E-state index in [0.29, 0.717) is 0 Å². The lowest BCUT2D eigenvalue weighted by atomic mass is 9.67. The van der Waals surface area contributed by atoms with E-state index < -0.39 is 0 Å². The van der Waals surface area contributed by atoms with Gasteiger partial charge < -0.3 is 0 Å². The average Bonchev–Trinajstić information content (AvgIpc) is 3.19. The van der Waals surface area contributed by atoms with Crippen molar-refractivity contribution in [2.45, 2.75) is 19.3 Å². The maximum Gasteiger partial charge on any atom is 0.0713 e. The minimum atomic E-state index is -0.351. The summed E-state index contributed by atoms with van der Waals surface area (Å²) in [5.41, 5.74) is 13.0. The van der Waals surface area contributed by atoms with E-state index in [1.54, 1.807) is 0 Å². The molecule has 0 nitrogen and oxygen atoms in total. The average molecular weight is 423 g/mol. The number of aryl methyl sites for hydroxylation is 1. The predicted molar refractivity (Wildman–Crippen MR) is 139 cm³/mol. The molecule has 0 amide bonds. The van der Waals surface area contributed by atoms with E-state index in [-0.39, 0.29) is 5.41 Å². The Hall–Kier alpha value is -3.90. The molecule has 0 unspecified atom stereocenters. The molecule has 158 valence electrons. The summed E-state index contributed by atoms with van der Waals surface area (Å²) < 4.78 is 0. The highest BCUT2D eigenvalue weighted by Gasteiger charge is 2.46. The molecule has 0 aromatic heterocycles. The lowest BCUT2D eigenvalue weighted by molar-refractivity contribution is 0.768. The van der Waals surface area contributed by atoms with Crippen molar-refractivity contribution in [2.24, 2.45) is 0 Å². The minimum Gasteiger partial charge on any atom is -0.0622 e. The van der Waals surface area contributed by atoms with Crippen molar-refractivity contribution in [2.75, 3.05) is 0 Å². The van der Waals surface area contributed by atoms with Crippen molar-refractivity contribution in [1.82, 2.24) is 0 Å². The van der Waals surface area contributed by atoms with Gasteiger partial charge in [0.05, 0.1) is 5.41 Å². The molecule has 5 aromatic rings. The van der Waals surface area contributed by atoms with Gasteiger partial charge in [-0.1, -0.05) is 115 Å². The zero-order valence-electron chi connectivity index (χ0n) is 19.0. The first kappa shape index (κ1) is 19.8. The number of benzene rings is 5. The molecule has 0 saturated carbocycles. The third kappa shape index (κ3) is 2.84. The smallest absolute Gasteiger partial charge is 0.0622 e. The first-order valence-corrected chi connectivity index (χ1v) is 11.6. The Balaban J connectivity index is 1.78. The maximum absolute atomic E-state index is 2.43. The fourth-order valence-electron chi connectivity index (χ4n) is 5.67. The molecule has 33 heavy (non-hydrogen) atoms. The quantitative estimate of drug-likeness (QED) is 0.269. The van der Waals surface area contributed by atoms with Gasteiger partial charge in [0, 0.05) is 0 Å². The van der Waals surface area contributed by atoms with E-state index in [2.05, 4.69) is 135 Å². The van der Waals surface area contributed by atoms with Gasteiger partial charge in [0.2, 0.25) is 0 Å². The summed E-state index contributed by atoms with van der Waals surface area (Å²) in [6.45, 7) is 4.49. The van der Waals surface area contributed by atoms with Crippen LogP contribution in [0.1, 0.15) is 33.4 Å². The van der Waals surface area contributed by atoms with Crippen LogP contribution in [-0.4, -0.2) is 0 Å². The Bertz CT molecular complexity index is 1410. The van der Waals surface area contributed by atoms with Gasteiger partial charge in [-0.3, -0.25) is 0 Å². The molecule has 5 aromatic carbocycles. The Morgan fingerprint density at radius 1 is 0.485 bits per heavy atom. The Kier molecular flexibility index (Phi) is 4.55. The number of fused-ring (bicyclic) bond motifs is 3. The van der Waals surface area contributed by atoms with Gasteiger partial charge in [0.25, 0.3) is 0 Å². The van der Waals surface area contributed by atoms with Gasteiger partial charge in [-0.15, -0.1) is 0 Å². The summed E-state index contributed by atoms with van der Waals surface area (Å²) in [4.78, 5) is 0. The maximum atomic E-state index is 2.43. The van der Waals surface area contributed by atoms with Crippen LogP contribution in [0.4, 0.5) is 0 Å². The molecule has 0 aliphatic heterocycles. The van der Waals surface area contributed by atoms with Gasteiger partial charge >= 0.3 is 0 Å². The molecule has 0 fully saturated rings. The summed E-state index contributed by atoms with van der Waals surface area (Å²) in [5.74, 6) is 0. The van der Waals surface area contributed by atoms with Crippen LogP contribution in [0.5, 0.6) is 0 Å². The second-order valence-electron chi connectivity index (χ2n) is 9.04. The minimum absolute atomic E-state index is 0.351. The molecular formula is C33H26. The molecule has 0 spiro atoms. The lowest BCUT2D eigenvalue weighted by Gasteiger charge is -2.34. The van der Waals surface area contributed by atoms with Gasteiger partial charge in [-0.2, -0.15) is 0 Å². The summed E-state index contributed by atoms with van der Waals surface area (Å²) in [7, 11) is 0. The predicted octanol–water partition coefficient (Wildman–Crippen LogP) is 8.33. The summed E-state index contributed by atoms with van der Waals surface area (Å²) >= 11 is 0. The van der Waals surface area contributed by atoms with Gasteiger partial charge in [-0.05, 0) is 75.5 Å². The van der Waals surface area contributed by atoms with Crippen molar-refractivity contribution < 1.29 is 0 Å². The van der Waals surface area contributed by atoms with Crippen LogP contribution in [0, 0.1) is 13.8 Å². The molecule has 0 atom stereocenters. The molecule has 0 radical (unpaired) electrons. The highest BCUT2D eigenvalue weighted by Crippen LogP contribution is 2.57. The fraction of sp³-hybridized carbons (Fsp3) is 0.0909. The third-order valence-electron chi connectivity index (χ3n) is 7.35. The molecule has 6 rings (SSSR count). The van der Waals surface area contributed by atoms with Crippen LogP contribution in [0.25, 0.3) is 22.3 Å². The molecule has 0 heterocycles. The molecule has 1 aliphatic rings. The van der Waals surface area contributed by atoms with Crippen LogP contribution in [0.2, 0.25) is 0 Å². The van der Waals surface area contributed by atoms with E-state index in [1.165, 1.54) is 55.6 Å². The lowest BCUT2D eigenvalue weighted by Crippen LogP contribution is -2.28. The zero-order valence-corrected chi connectivity index (χ0v) is 19.0. The van der Waals surface area contributed by atoms with Crippen molar-refractivity contribution >= 4 is 0 Å². The largest absolute Gasteiger partial charge is 0.0713 e. The van der Waals surface area contributed by atoms with E-state index >= 15 is 0 Å². The van der Waals surface area contributed by atoms with E-state index in [0.717, 1.165) is 0 Å². The molecule has 0 saturated heterocycles. The van der Waals surface area contributed by atoms with E-state index in [9.17, 15) is 0 Å². The van der Waals surface area contributed by atoms with Crippen LogP contribution < -0.4 is 0 Å². The molecule has 0 N–H and O–H groups in total. The fourth-order valence-corrected chi connectivity index (χ4v) is 5.67. The van der Waals surface area contributed by atoms with E-state index in [1.807, 2.05) is 0 Å². The highest BCUT2D eigenvalue weighted by atomic mass is 14.5. The monoisotopic (exact) mass is 422 g/mol. The zero-order chi connectivity index (χ0) is 22.4. The second-order valence-corrected chi connectivity index (χ2v) is 9.04. The third-order valence-corrected chi connectivity index (χ3v) is 7.35. The Labute approximate surface area is 196 Å². The molecule has 0 bridgehead atoms. The highest BCUT2D eigenvalue weighted by molar-refractivity contribution is 5.90. The molecular weight excluding hydrogens is 396 g/mol. The van der Waals surface area contributed by atoms with E-state index in [4.69, 9.17) is 0 Å². The van der Waals surface area contributed by atoms with Crippen molar-refractivity contribution in [1.29, 1.82) is 0 Å². The van der Waals surface area contributed by atoms with Crippen molar-refractivity contribution in [3.63, 3.8) is 0 Å². The Morgan fingerprint density at radius 2 is 1.06 bits per heavy atom. The van der Waals surface area contributed by atoms with Gasteiger partial charge in [0.1, 0.15) is 0 Å². The standard InChI is InChI=1S/C33H26/c1-23-18-21-30-32(24(23)2)29-20-19-26(25-12-6-3-7-13-25)22-31(29)33(30,27-14-8-4-9-15-27)28-16-10-5-11-17-28/h3-22H,1-2H3. The summed E-state index contributed by atoms with van der Waals surface area (Å²) in [6, 6.07) is 44.5. The van der Waals surface area contributed by atoms with Gasteiger partial charge in [-0.25, -0.2) is 0 Å². The Morgan fingerprint density at radius 3 is 1.67 bits per heavy atom. The molecule has 1 aliphatic carbocycles. The number of hydrogen-bond donors (Lipinski definition) is 0. The first-order chi connectivity index (χ1) is 16.2.